The molecule has 0 aromatic carbocycles. The van der Waals surface area contributed by atoms with Crippen molar-refractivity contribution in [1.29, 1.82) is 0 Å². The van der Waals surface area contributed by atoms with Gasteiger partial charge in [0, 0.05) is 0 Å². The zero-order valence-corrected chi connectivity index (χ0v) is 10.5. The predicted molar refractivity (Wildman–Crippen MR) is 73.2 cm³/mol. The van der Waals surface area contributed by atoms with Crippen LogP contribution in [-0.2, 0) is 14.2 Å². The van der Waals surface area contributed by atoms with Crippen LogP contribution in [0.2, 0.25) is 0 Å². The minimum absolute atomic E-state index is 0.320. The zero-order chi connectivity index (χ0) is 13.5. The monoisotopic (exact) mass is 248 g/mol. The van der Waals surface area contributed by atoms with Crippen LogP contribution in [0.3, 0.4) is 0 Å². The topological polar surface area (TPSA) is 27.7 Å². The van der Waals surface area contributed by atoms with Gasteiger partial charge in [0.2, 0.25) is 0 Å². The van der Waals surface area contributed by atoms with Gasteiger partial charge in [-0.1, -0.05) is 30.9 Å². The molecule has 1 heterocycles. The molecular weight excluding hydrogens is 228 g/mol. The van der Waals surface area contributed by atoms with Gasteiger partial charge in [0.05, 0.1) is 0 Å². The van der Waals surface area contributed by atoms with Crippen LogP contribution >= 0.6 is 0 Å². The molecule has 0 radical (unpaired) electrons. The largest absolute Gasteiger partial charge is 0.361 e. The zero-order valence-electron chi connectivity index (χ0n) is 10.5. The summed E-state index contributed by atoms with van der Waals surface area (Å²) in [5.74, 6) is 0. The Balaban J connectivity index is 3.00. The molecule has 0 aromatic heterocycles. The van der Waals surface area contributed by atoms with E-state index in [0.717, 1.165) is 0 Å². The number of ether oxygens (including phenoxy) is 3. The maximum atomic E-state index is 5.83. The van der Waals surface area contributed by atoms with Crippen molar-refractivity contribution in [3.63, 3.8) is 0 Å². The van der Waals surface area contributed by atoms with Gasteiger partial charge in [-0.2, -0.15) is 0 Å². The van der Waals surface area contributed by atoms with Crippen molar-refractivity contribution in [2.45, 2.75) is 30.7 Å². The highest BCUT2D eigenvalue weighted by Crippen LogP contribution is 2.22. The molecule has 1 aliphatic rings. The van der Waals surface area contributed by atoms with E-state index in [1.54, 1.807) is 30.4 Å². The fraction of sp³-hybridized carbons (Fsp3) is 0.333. The van der Waals surface area contributed by atoms with Crippen LogP contribution in [0.15, 0.2) is 63.3 Å². The van der Waals surface area contributed by atoms with Gasteiger partial charge in [-0.25, -0.2) is 0 Å². The first-order valence-corrected chi connectivity index (χ1v) is 5.79. The Hall–Kier alpha value is -1.42. The Morgan fingerprint density at radius 1 is 0.500 bits per heavy atom. The van der Waals surface area contributed by atoms with Crippen LogP contribution in [0.4, 0.5) is 0 Å². The van der Waals surface area contributed by atoms with Gasteiger partial charge in [0.15, 0.2) is 6.29 Å². The maximum absolute atomic E-state index is 5.83. The van der Waals surface area contributed by atoms with E-state index in [0.29, 0.717) is 0 Å². The average Bonchev–Trinajstić information content (AvgIpc) is 2.39. The summed E-state index contributed by atoms with van der Waals surface area (Å²) < 4.78 is 17.2. The lowest BCUT2D eigenvalue weighted by atomic mass is 10.1. The normalized spacial score (nSPS) is 36.8. The van der Waals surface area contributed by atoms with Crippen molar-refractivity contribution in [3.05, 3.63) is 63.3 Å². The van der Waals surface area contributed by atoms with E-state index >= 15 is 0 Å². The second-order valence-electron chi connectivity index (χ2n) is 3.81. The van der Waals surface area contributed by atoms with E-state index in [2.05, 4.69) is 32.9 Å². The Kier molecular flexibility index (Phi) is 5.78. The summed E-state index contributed by atoms with van der Waals surface area (Å²) in [6.07, 6.45) is 6.35. The second kappa shape index (κ2) is 7.11. The van der Waals surface area contributed by atoms with E-state index in [1.165, 1.54) is 0 Å². The molecule has 98 valence electrons. The van der Waals surface area contributed by atoms with Crippen molar-refractivity contribution in [2.24, 2.45) is 0 Å². The minimum atomic E-state index is -0.551. The van der Waals surface area contributed by atoms with Gasteiger partial charge in [-0.15, -0.1) is 26.3 Å². The molecule has 1 fully saturated rings. The van der Waals surface area contributed by atoms with Crippen LogP contribution in [0.1, 0.15) is 0 Å². The molecule has 1 aliphatic heterocycles. The summed E-state index contributed by atoms with van der Waals surface area (Å²) in [6, 6.07) is 0. The van der Waals surface area contributed by atoms with Crippen LogP contribution in [0.5, 0.6) is 0 Å². The van der Waals surface area contributed by atoms with Crippen LogP contribution in [0, 0.1) is 0 Å². The Bertz CT molecular complexity index is 307. The summed E-state index contributed by atoms with van der Waals surface area (Å²) in [7, 11) is 0. The Labute approximate surface area is 109 Å². The van der Waals surface area contributed by atoms with Gasteiger partial charge in [0.1, 0.15) is 24.4 Å². The molecule has 0 aliphatic carbocycles. The van der Waals surface area contributed by atoms with Crippen molar-refractivity contribution >= 4 is 0 Å². The summed E-state index contributed by atoms with van der Waals surface area (Å²) in [5.41, 5.74) is 0. The van der Waals surface area contributed by atoms with Gasteiger partial charge in [-0.05, 0) is 6.08 Å². The average molecular weight is 248 g/mol. The van der Waals surface area contributed by atoms with Crippen molar-refractivity contribution in [2.75, 3.05) is 0 Å². The predicted octanol–water partition coefficient (Wildman–Crippen LogP) is 2.78. The van der Waals surface area contributed by atoms with Gasteiger partial charge < -0.3 is 14.2 Å². The number of hydrogen-bond acceptors (Lipinski definition) is 3. The molecular formula is C15H20O3. The van der Waals surface area contributed by atoms with Crippen LogP contribution in [0.25, 0.3) is 0 Å². The molecule has 0 spiro atoms. The van der Waals surface area contributed by atoms with Gasteiger partial charge in [-0.3, -0.25) is 0 Å². The lowest BCUT2D eigenvalue weighted by molar-refractivity contribution is -0.219. The molecule has 18 heavy (non-hydrogen) atoms. The molecule has 0 amide bonds. The molecule has 1 saturated heterocycles. The van der Waals surface area contributed by atoms with E-state index in [1.807, 2.05) is 0 Å². The quantitative estimate of drug-likeness (QED) is 0.700. The standard InChI is InChI=1S/C15H20O3/c1-6-11-13(8-3)17-15(10-5)18-14(9-4)12(7-2)16-11/h6-15H,1-5H2. The fourth-order valence-corrected chi connectivity index (χ4v) is 1.70. The van der Waals surface area contributed by atoms with E-state index in [9.17, 15) is 0 Å². The highest BCUT2D eigenvalue weighted by Gasteiger charge is 2.31. The van der Waals surface area contributed by atoms with Gasteiger partial charge in [0.25, 0.3) is 0 Å². The number of hydrogen-bond donors (Lipinski definition) is 0. The molecule has 3 nitrogen and oxygen atoms in total. The van der Waals surface area contributed by atoms with Crippen LogP contribution in [-0.4, -0.2) is 30.7 Å². The lowest BCUT2D eigenvalue weighted by Crippen LogP contribution is -2.44. The van der Waals surface area contributed by atoms with Gasteiger partial charge >= 0.3 is 0 Å². The molecule has 4 unspecified atom stereocenters. The smallest absolute Gasteiger partial charge is 0.178 e. The van der Waals surface area contributed by atoms with Crippen molar-refractivity contribution in [1.82, 2.24) is 0 Å². The van der Waals surface area contributed by atoms with Crippen LogP contribution < -0.4 is 0 Å². The first-order chi connectivity index (χ1) is 8.69. The molecule has 0 N–H and O–H groups in total. The molecule has 0 bridgehead atoms. The van der Waals surface area contributed by atoms with E-state index in [-0.39, 0.29) is 24.4 Å². The third kappa shape index (κ3) is 3.29. The van der Waals surface area contributed by atoms with Crippen molar-refractivity contribution < 1.29 is 14.2 Å². The SMILES string of the molecule is C=CC1OC(C=C)C(C=C)OC(C=C)C(C=C)O1. The molecule has 1 rings (SSSR count). The summed E-state index contributed by atoms with van der Waals surface area (Å²) >= 11 is 0. The van der Waals surface area contributed by atoms with E-state index < -0.39 is 6.29 Å². The Morgan fingerprint density at radius 3 is 1.11 bits per heavy atom. The molecule has 0 aromatic rings. The Morgan fingerprint density at radius 2 is 0.833 bits per heavy atom. The third-order valence-corrected chi connectivity index (χ3v) is 2.67. The number of rotatable bonds is 5. The third-order valence-electron chi connectivity index (χ3n) is 2.67. The summed E-state index contributed by atoms with van der Waals surface area (Å²) in [4.78, 5) is 0. The minimum Gasteiger partial charge on any atom is -0.361 e. The van der Waals surface area contributed by atoms with E-state index in [4.69, 9.17) is 14.2 Å². The van der Waals surface area contributed by atoms with Crippen molar-refractivity contribution in [3.8, 4) is 0 Å². The summed E-state index contributed by atoms with van der Waals surface area (Å²) in [5, 5.41) is 0. The molecule has 4 atom stereocenters. The highest BCUT2D eigenvalue weighted by molar-refractivity contribution is 5.04. The fourth-order valence-electron chi connectivity index (χ4n) is 1.70. The first kappa shape index (κ1) is 14.6. The maximum Gasteiger partial charge on any atom is 0.178 e. The molecule has 3 heteroatoms. The molecule has 0 saturated carbocycles. The highest BCUT2D eigenvalue weighted by atomic mass is 16.7. The second-order valence-corrected chi connectivity index (χ2v) is 3.81. The lowest BCUT2D eigenvalue weighted by Gasteiger charge is -2.35. The first-order valence-electron chi connectivity index (χ1n) is 5.79. The summed E-state index contributed by atoms with van der Waals surface area (Å²) in [6.45, 7) is 18.6.